The van der Waals surface area contributed by atoms with Gasteiger partial charge in [-0.25, -0.2) is 4.79 Å². The number of anilines is 1. The van der Waals surface area contributed by atoms with E-state index in [1.165, 1.54) is 0 Å². The highest BCUT2D eigenvalue weighted by molar-refractivity contribution is 5.67. The summed E-state index contributed by atoms with van der Waals surface area (Å²) < 4.78 is 5.39. The van der Waals surface area contributed by atoms with Crippen molar-refractivity contribution in [2.75, 3.05) is 31.6 Å². The van der Waals surface area contributed by atoms with Crippen molar-refractivity contribution in [2.45, 2.75) is 46.6 Å². The van der Waals surface area contributed by atoms with Crippen molar-refractivity contribution < 1.29 is 9.53 Å². The molecule has 1 saturated heterocycles. The summed E-state index contributed by atoms with van der Waals surface area (Å²) in [5, 5.41) is 17.9. The van der Waals surface area contributed by atoms with Crippen LogP contribution in [0.2, 0.25) is 0 Å². The predicted octanol–water partition coefficient (Wildman–Crippen LogP) is 2.66. The standard InChI is InChI=1S/C18H27N5O2/c1-12-13(2)20-21-16(15(12)9-19)23-8-7-14(11-23)10-22(6)17(24)25-18(3,4)5/h14H,7-8,10-11H2,1-6H3. The van der Waals surface area contributed by atoms with Crippen LogP contribution in [0.15, 0.2) is 0 Å². The fourth-order valence-electron chi connectivity index (χ4n) is 2.93. The fourth-order valence-corrected chi connectivity index (χ4v) is 2.93. The van der Waals surface area contributed by atoms with E-state index < -0.39 is 5.60 Å². The van der Waals surface area contributed by atoms with Crippen molar-refractivity contribution in [3.63, 3.8) is 0 Å². The van der Waals surface area contributed by atoms with Gasteiger partial charge in [0.1, 0.15) is 17.2 Å². The van der Waals surface area contributed by atoms with Gasteiger partial charge in [0.2, 0.25) is 0 Å². The third-order valence-corrected chi connectivity index (χ3v) is 4.37. The Morgan fingerprint density at radius 3 is 2.68 bits per heavy atom. The maximum atomic E-state index is 12.1. The summed E-state index contributed by atoms with van der Waals surface area (Å²) in [6.07, 6.45) is 0.627. The van der Waals surface area contributed by atoms with E-state index in [0.29, 0.717) is 23.8 Å². The van der Waals surface area contributed by atoms with Crippen LogP contribution in [0, 0.1) is 31.1 Å². The molecule has 1 fully saturated rings. The molecule has 0 N–H and O–H groups in total. The van der Waals surface area contributed by atoms with Crippen molar-refractivity contribution in [3.8, 4) is 6.07 Å². The van der Waals surface area contributed by atoms with Crippen LogP contribution in [0.5, 0.6) is 0 Å². The number of amides is 1. The molecule has 7 nitrogen and oxygen atoms in total. The first-order valence-electron chi connectivity index (χ1n) is 8.55. The van der Waals surface area contributed by atoms with Crippen LogP contribution >= 0.6 is 0 Å². The number of hydrogen-bond acceptors (Lipinski definition) is 6. The van der Waals surface area contributed by atoms with Gasteiger partial charge in [-0.15, -0.1) is 5.10 Å². The first kappa shape index (κ1) is 19.0. The second-order valence-electron chi connectivity index (χ2n) is 7.68. The quantitative estimate of drug-likeness (QED) is 0.837. The van der Waals surface area contributed by atoms with Gasteiger partial charge < -0.3 is 14.5 Å². The number of aryl methyl sites for hydroxylation is 1. The zero-order valence-corrected chi connectivity index (χ0v) is 16.0. The van der Waals surface area contributed by atoms with Gasteiger partial charge >= 0.3 is 6.09 Å². The summed E-state index contributed by atoms with van der Waals surface area (Å²) in [5.74, 6) is 0.959. The molecule has 2 rings (SSSR count). The van der Waals surface area contributed by atoms with Crippen molar-refractivity contribution in [1.29, 1.82) is 5.26 Å². The molecule has 0 saturated carbocycles. The van der Waals surface area contributed by atoms with Gasteiger partial charge in [-0.05, 0) is 52.5 Å². The molecule has 1 aromatic rings. The molecule has 7 heteroatoms. The number of carbonyl (C=O) groups excluding carboxylic acids is 1. The second kappa shape index (κ2) is 7.26. The molecule has 0 bridgehead atoms. The van der Waals surface area contributed by atoms with Gasteiger partial charge in [0.15, 0.2) is 5.82 Å². The molecule has 136 valence electrons. The number of nitrogens with zero attached hydrogens (tertiary/aromatic N) is 5. The van der Waals surface area contributed by atoms with Crippen LogP contribution in [0.25, 0.3) is 0 Å². The van der Waals surface area contributed by atoms with Gasteiger partial charge in [0.25, 0.3) is 0 Å². The van der Waals surface area contributed by atoms with Crippen molar-refractivity contribution in [1.82, 2.24) is 15.1 Å². The van der Waals surface area contributed by atoms with E-state index in [9.17, 15) is 10.1 Å². The fraction of sp³-hybridized carbons (Fsp3) is 0.667. The molecule has 1 aromatic heterocycles. The summed E-state index contributed by atoms with van der Waals surface area (Å²) >= 11 is 0. The Morgan fingerprint density at radius 1 is 1.40 bits per heavy atom. The Bertz CT molecular complexity index is 690. The molecular formula is C18H27N5O2. The van der Waals surface area contributed by atoms with E-state index >= 15 is 0 Å². The molecule has 0 radical (unpaired) electrons. The van der Waals surface area contributed by atoms with Gasteiger partial charge in [-0.3, -0.25) is 0 Å². The highest BCUT2D eigenvalue weighted by Gasteiger charge is 2.29. The Morgan fingerprint density at radius 2 is 2.08 bits per heavy atom. The average Bonchev–Trinajstić information content (AvgIpc) is 2.96. The Balaban J connectivity index is 2.02. The van der Waals surface area contributed by atoms with Crippen LogP contribution in [0.4, 0.5) is 10.6 Å². The molecule has 0 aliphatic carbocycles. The lowest BCUT2D eigenvalue weighted by Crippen LogP contribution is -2.37. The minimum atomic E-state index is -0.496. The first-order chi connectivity index (χ1) is 11.6. The van der Waals surface area contributed by atoms with E-state index in [4.69, 9.17) is 4.74 Å². The third kappa shape index (κ3) is 4.59. The van der Waals surface area contributed by atoms with E-state index in [0.717, 1.165) is 30.8 Å². The lowest BCUT2D eigenvalue weighted by Gasteiger charge is -2.26. The number of nitriles is 1. The van der Waals surface area contributed by atoms with Gasteiger partial charge in [-0.1, -0.05) is 0 Å². The average molecular weight is 345 g/mol. The maximum absolute atomic E-state index is 12.1. The zero-order valence-electron chi connectivity index (χ0n) is 16.0. The summed E-state index contributed by atoms with van der Waals surface area (Å²) in [6.45, 7) is 11.5. The molecule has 1 atom stereocenters. The Labute approximate surface area is 149 Å². The smallest absolute Gasteiger partial charge is 0.410 e. The van der Waals surface area contributed by atoms with E-state index in [1.807, 2.05) is 34.6 Å². The highest BCUT2D eigenvalue weighted by Crippen LogP contribution is 2.27. The molecule has 1 aliphatic heterocycles. The lowest BCUT2D eigenvalue weighted by molar-refractivity contribution is 0.0277. The van der Waals surface area contributed by atoms with Crippen LogP contribution < -0.4 is 4.90 Å². The van der Waals surface area contributed by atoms with E-state index in [2.05, 4.69) is 21.2 Å². The molecule has 1 amide bonds. The number of hydrogen-bond donors (Lipinski definition) is 0. The van der Waals surface area contributed by atoms with Gasteiger partial charge in [0.05, 0.1) is 5.69 Å². The minimum absolute atomic E-state index is 0.311. The van der Waals surface area contributed by atoms with E-state index in [-0.39, 0.29) is 6.09 Å². The molecule has 25 heavy (non-hydrogen) atoms. The monoisotopic (exact) mass is 345 g/mol. The summed E-state index contributed by atoms with van der Waals surface area (Å²) in [6, 6.07) is 2.25. The number of ether oxygens (including phenoxy) is 1. The summed E-state index contributed by atoms with van der Waals surface area (Å²) in [4.78, 5) is 15.8. The van der Waals surface area contributed by atoms with Gasteiger partial charge in [-0.2, -0.15) is 10.4 Å². The molecule has 0 spiro atoms. The number of carbonyl (C=O) groups is 1. The summed E-state index contributed by atoms with van der Waals surface area (Å²) in [5.41, 5.74) is 1.75. The van der Waals surface area contributed by atoms with Crippen molar-refractivity contribution in [3.05, 3.63) is 16.8 Å². The SMILES string of the molecule is Cc1nnc(N2CCC(CN(C)C(=O)OC(C)(C)C)C2)c(C#N)c1C. The first-order valence-corrected chi connectivity index (χ1v) is 8.55. The largest absolute Gasteiger partial charge is 0.444 e. The predicted molar refractivity (Wildman–Crippen MR) is 95.4 cm³/mol. The lowest BCUT2D eigenvalue weighted by atomic mass is 10.1. The zero-order chi connectivity index (χ0) is 18.8. The number of aromatic nitrogens is 2. The van der Waals surface area contributed by atoms with Crippen LogP contribution in [-0.2, 0) is 4.74 Å². The van der Waals surface area contributed by atoms with Crippen molar-refractivity contribution in [2.24, 2.45) is 5.92 Å². The topological polar surface area (TPSA) is 82.3 Å². The molecule has 1 unspecified atom stereocenters. The molecule has 0 aromatic carbocycles. The molecule has 2 heterocycles. The third-order valence-electron chi connectivity index (χ3n) is 4.37. The Kier molecular flexibility index (Phi) is 5.51. The maximum Gasteiger partial charge on any atom is 0.410 e. The van der Waals surface area contributed by atoms with Crippen molar-refractivity contribution >= 4 is 11.9 Å². The van der Waals surface area contributed by atoms with E-state index in [1.54, 1.807) is 11.9 Å². The normalized spacial score (nSPS) is 17.3. The molecular weight excluding hydrogens is 318 g/mol. The molecule has 1 aliphatic rings. The van der Waals surface area contributed by atoms with Crippen LogP contribution in [0.3, 0.4) is 0 Å². The highest BCUT2D eigenvalue weighted by atomic mass is 16.6. The second-order valence-corrected chi connectivity index (χ2v) is 7.68. The summed E-state index contributed by atoms with van der Waals surface area (Å²) in [7, 11) is 1.76. The van der Waals surface area contributed by atoms with Crippen LogP contribution in [-0.4, -0.2) is 53.5 Å². The Hall–Kier alpha value is -2.36. The van der Waals surface area contributed by atoms with Crippen LogP contribution in [0.1, 0.15) is 44.0 Å². The van der Waals surface area contributed by atoms with Gasteiger partial charge in [0, 0.05) is 26.7 Å². The minimum Gasteiger partial charge on any atom is -0.444 e. The number of rotatable bonds is 3.